The molecule has 0 bridgehead atoms. The van der Waals surface area contributed by atoms with Crippen LogP contribution < -0.4 is 0 Å². The highest BCUT2D eigenvalue weighted by molar-refractivity contribution is 6.38. The van der Waals surface area contributed by atoms with Gasteiger partial charge < -0.3 is 4.90 Å². The Balaban J connectivity index is 2.14. The molecule has 0 radical (unpaired) electrons. The van der Waals surface area contributed by atoms with E-state index in [2.05, 4.69) is 0 Å². The van der Waals surface area contributed by atoms with Crippen molar-refractivity contribution in [2.75, 3.05) is 14.1 Å². The molecule has 3 atom stereocenters. The third-order valence-corrected chi connectivity index (χ3v) is 5.00. The molecule has 24 heavy (non-hydrogen) atoms. The molecule has 3 rings (SSSR count). The van der Waals surface area contributed by atoms with E-state index in [1.165, 1.54) is 0 Å². The number of nitriles is 1. The zero-order valence-electron chi connectivity index (χ0n) is 13.6. The van der Waals surface area contributed by atoms with Crippen molar-refractivity contribution < 1.29 is 4.79 Å². The molecular formula is C19H18ClN3O. The first-order chi connectivity index (χ1) is 11.5. The Hall–Kier alpha value is -2.35. The van der Waals surface area contributed by atoms with Gasteiger partial charge >= 0.3 is 0 Å². The van der Waals surface area contributed by atoms with Gasteiger partial charge in [-0.1, -0.05) is 72.3 Å². The smallest absolute Gasteiger partial charge is 0.261 e. The zero-order chi connectivity index (χ0) is 17.3. The third kappa shape index (κ3) is 2.47. The van der Waals surface area contributed by atoms with Crippen LogP contribution in [0.5, 0.6) is 0 Å². The Labute approximate surface area is 146 Å². The van der Waals surface area contributed by atoms with Crippen LogP contribution >= 0.6 is 11.6 Å². The molecule has 1 aliphatic heterocycles. The molecule has 0 N–H and O–H groups in total. The topological polar surface area (TPSA) is 47.3 Å². The maximum atomic E-state index is 12.9. The summed E-state index contributed by atoms with van der Waals surface area (Å²) >= 11 is 6.56. The Kier molecular flexibility index (Phi) is 4.31. The minimum Gasteiger partial charge on any atom is -0.323 e. The van der Waals surface area contributed by atoms with Gasteiger partial charge in [0.2, 0.25) is 4.87 Å². The van der Waals surface area contributed by atoms with E-state index in [-0.39, 0.29) is 12.1 Å². The summed E-state index contributed by atoms with van der Waals surface area (Å²) in [5, 5.41) is 9.69. The maximum Gasteiger partial charge on any atom is 0.261 e. The first-order valence-corrected chi connectivity index (χ1v) is 8.07. The minimum absolute atomic E-state index is 0.288. The largest absolute Gasteiger partial charge is 0.323 e. The van der Waals surface area contributed by atoms with E-state index in [0.29, 0.717) is 0 Å². The average Bonchev–Trinajstić information content (AvgIpc) is 2.62. The van der Waals surface area contributed by atoms with Crippen molar-refractivity contribution in [3.8, 4) is 6.07 Å². The van der Waals surface area contributed by atoms with Gasteiger partial charge in [-0.05, 0) is 18.2 Å². The van der Waals surface area contributed by atoms with E-state index in [4.69, 9.17) is 11.6 Å². The highest BCUT2D eigenvalue weighted by Gasteiger charge is 2.56. The number of benzene rings is 2. The fraction of sp³-hybridized carbons (Fsp3) is 0.263. The summed E-state index contributed by atoms with van der Waals surface area (Å²) in [7, 11) is 3.58. The third-order valence-electron chi connectivity index (χ3n) is 4.54. The zero-order valence-corrected chi connectivity index (χ0v) is 14.3. The lowest BCUT2D eigenvalue weighted by molar-refractivity contribution is -0.148. The van der Waals surface area contributed by atoms with Gasteiger partial charge in [-0.15, -0.1) is 0 Å². The highest BCUT2D eigenvalue weighted by Crippen LogP contribution is 2.46. The van der Waals surface area contributed by atoms with E-state index in [1.54, 1.807) is 11.9 Å². The summed E-state index contributed by atoms with van der Waals surface area (Å²) in [6, 6.07) is 20.7. The summed E-state index contributed by atoms with van der Waals surface area (Å²) in [5.41, 5.74) is 1.83. The van der Waals surface area contributed by atoms with Crippen molar-refractivity contribution in [1.82, 2.24) is 9.80 Å². The fourth-order valence-electron chi connectivity index (χ4n) is 3.47. The van der Waals surface area contributed by atoms with Crippen LogP contribution in [0, 0.1) is 11.3 Å². The fourth-order valence-corrected chi connectivity index (χ4v) is 3.89. The molecule has 2 aromatic carbocycles. The van der Waals surface area contributed by atoms with Gasteiger partial charge in [0.05, 0.1) is 12.1 Å². The monoisotopic (exact) mass is 339 g/mol. The summed E-state index contributed by atoms with van der Waals surface area (Å²) in [6.45, 7) is 0. The number of amides is 1. The van der Waals surface area contributed by atoms with Crippen molar-refractivity contribution in [1.29, 1.82) is 5.26 Å². The molecule has 0 saturated carbocycles. The van der Waals surface area contributed by atoms with Gasteiger partial charge in [0.15, 0.2) is 0 Å². The van der Waals surface area contributed by atoms with Crippen molar-refractivity contribution in [2.24, 2.45) is 0 Å². The number of nitrogens with zero attached hydrogens (tertiary/aromatic N) is 3. The highest BCUT2D eigenvalue weighted by atomic mass is 35.5. The molecule has 122 valence electrons. The number of carbonyl (C=O) groups is 1. The average molecular weight is 340 g/mol. The lowest BCUT2D eigenvalue weighted by Gasteiger charge is -2.50. The number of carbonyl (C=O) groups excluding carboxylic acids is 1. The van der Waals surface area contributed by atoms with Gasteiger partial charge in [-0.2, -0.15) is 5.26 Å². The van der Waals surface area contributed by atoms with Crippen molar-refractivity contribution >= 4 is 17.5 Å². The minimum atomic E-state index is -1.66. The predicted molar refractivity (Wildman–Crippen MR) is 93.1 cm³/mol. The molecule has 0 spiro atoms. The molecule has 1 saturated heterocycles. The van der Waals surface area contributed by atoms with Crippen LogP contribution in [0.4, 0.5) is 0 Å². The lowest BCUT2D eigenvalue weighted by atomic mass is 9.86. The van der Waals surface area contributed by atoms with Gasteiger partial charge in [0.25, 0.3) is 5.91 Å². The van der Waals surface area contributed by atoms with E-state index >= 15 is 0 Å². The number of halogens is 1. The predicted octanol–water partition coefficient (Wildman–Crippen LogP) is 3.33. The standard InChI is InChI=1S/C19H18ClN3O/c1-22-16(14-9-5-3-6-10-14)19(20,13-21)18(24)23(2)17(22)15-11-7-4-8-12-15/h3-12,16-17H,1-2H3/t16-,17-,19-/m1/s1. The lowest BCUT2D eigenvalue weighted by Crippen LogP contribution is -2.60. The van der Waals surface area contributed by atoms with E-state index in [1.807, 2.05) is 78.7 Å². The summed E-state index contributed by atoms with van der Waals surface area (Å²) in [6.07, 6.45) is -0.288. The summed E-state index contributed by atoms with van der Waals surface area (Å²) in [4.78, 5) is 14.8. The van der Waals surface area contributed by atoms with E-state index in [9.17, 15) is 10.1 Å². The summed E-state index contributed by atoms with van der Waals surface area (Å²) < 4.78 is 0. The van der Waals surface area contributed by atoms with Crippen molar-refractivity contribution in [3.63, 3.8) is 0 Å². The van der Waals surface area contributed by atoms with Crippen LogP contribution in [-0.2, 0) is 4.79 Å². The molecule has 5 heteroatoms. The molecule has 0 aliphatic carbocycles. The van der Waals surface area contributed by atoms with Gasteiger partial charge in [-0.25, -0.2) is 0 Å². The molecule has 1 aliphatic rings. The maximum absolute atomic E-state index is 12.9. The van der Waals surface area contributed by atoms with Gasteiger partial charge in [0, 0.05) is 7.05 Å². The molecular weight excluding hydrogens is 322 g/mol. The molecule has 2 aromatic rings. The van der Waals surface area contributed by atoms with Crippen LogP contribution in [0.25, 0.3) is 0 Å². The van der Waals surface area contributed by atoms with Crippen LogP contribution in [0.15, 0.2) is 60.7 Å². The Morgan fingerprint density at radius 3 is 2.00 bits per heavy atom. The van der Waals surface area contributed by atoms with Crippen LogP contribution in [0.1, 0.15) is 23.3 Å². The van der Waals surface area contributed by atoms with E-state index in [0.717, 1.165) is 11.1 Å². The molecule has 0 unspecified atom stereocenters. The van der Waals surface area contributed by atoms with Gasteiger partial charge in [-0.3, -0.25) is 9.69 Å². The first-order valence-electron chi connectivity index (χ1n) is 7.70. The Morgan fingerprint density at radius 2 is 1.50 bits per heavy atom. The molecule has 0 aromatic heterocycles. The van der Waals surface area contributed by atoms with Crippen LogP contribution in [0.2, 0.25) is 0 Å². The Morgan fingerprint density at radius 1 is 1.00 bits per heavy atom. The SMILES string of the molecule is CN1C(=O)[C@@](Cl)(C#N)[C@@H](c2ccccc2)N(C)[C@H]1c1ccccc1. The van der Waals surface area contributed by atoms with Crippen LogP contribution in [0.3, 0.4) is 0 Å². The first kappa shape index (κ1) is 16.5. The van der Waals surface area contributed by atoms with Crippen molar-refractivity contribution in [2.45, 2.75) is 17.1 Å². The Bertz CT molecular complexity index is 774. The number of hydrogen-bond donors (Lipinski definition) is 0. The number of hydrogen-bond acceptors (Lipinski definition) is 3. The second kappa shape index (κ2) is 6.27. The second-order valence-electron chi connectivity index (χ2n) is 6.00. The number of rotatable bonds is 2. The molecule has 1 heterocycles. The molecule has 1 amide bonds. The normalized spacial score (nSPS) is 27.8. The van der Waals surface area contributed by atoms with E-state index < -0.39 is 10.9 Å². The second-order valence-corrected chi connectivity index (χ2v) is 6.60. The molecule has 1 fully saturated rings. The number of alkyl halides is 1. The van der Waals surface area contributed by atoms with Crippen LogP contribution in [-0.4, -0.2) is 34.7 Å². The quantitative estimate of drug-likeness (QED) is 0.788. The van der Waals surface area contributed by atoms with Gasteiger partial charge in [0.1, 0.15) is 6.17 Å². The van der Waals surface area contributed by atoms with Crippen molar-refractivity contribution in [3.05, 3.63) is 71.8 Å². The molecule has 4 nitrogen and oxygen atoms in total. The summed E-state index contributed by atoms with van der Waals surface area (Å²) in [5.74, 6) is -0.382.